The van der Waals surface area contributed by atoms with E-state index in [-0.39, 0.29) is 0 Å². The van der Waals surface area contributed by atoms with Gasteiger partial charge in [-0.1, -0.05) is 13.8 Å². The molecule has 0 aromatic rings. The lowest BCUT2D eigenvalue weighted by atomic mass is 9.79. The van der Waals surface area contributed by atoms with Crippen molar-refractivity contribution in [1.82, 2.24) is 10.6 Å². The van der Waals surface area contributed by atoms with Crippen LogP contribution in [0.3, 0.4) is 0 Å². The van der Waals surface area contributed by atoms with Gasteiger partial charge in [0.05, 0.1) is 0 Å². The monoisotopic (exact) mass is 240 g/mol. The summed E-state index contributed by atoms with van der Waals surface area (Å²) >= 11 is 0. The Kier molecular flexibility index (Phi) is 4.45. The van der Waals surface area contributed by atoms with E-state index in [0.717, 1.165) is 19.8 Å². The molecule has 0 atom stereocenters. The molecule has 0 aliphatic carbocycles. The molecule has 2 saturated heterocycles. The van der Waals surface area contributed by atoms with Gasteiger partial charge in [-0.3, -0.25) is 0 Å². The quantitative estimate of drug-likeness (QED) is 0.786. The van der Waals surface area contributed by atoms with Crippen molar-refractivity contribution in [1.29, 1.82) is 0 Å². The molecule has 0 unspecified atom stereocenters. The van der Waals surface area contributed by atoms with E-state index in [2.05, 4.69) is 24.5 Å². The predicted molar refractivity (Wildman–Crippen MR) is 71.2 cm³/mol. The Morgan fingerprint density at radius 2 is 1.47 bits per heavy atom. The standard InChI is InChI=1S/C14H28N2O/c1-13(3-7-15-8-4-13)11-16-12-14(2)5-9-17-10-6-14/h15-16H,3-12H2,1-2H3. The minimum atomic E-state index is 0.460. The van der Waals surface area contributed by atoms with Gasteiger partial charge in [-0.05, 0) is 49.6 Å². The van der Waals surface area contributed by atoms with Gasteiger partial charge < -0.3 is 15.4 Å². The van der Waals surface area contributed by atoms with Gasteiger partial charge in [0.2, 0.25) is 0 Å². The lowest BCUT2D eigenvalue weighted by Crippen LogP contribution is -2.44. The predicted octanol–water partition coefficient (Wildman–Crippen LogP) is 1.78. The first kappa shape index (κ1) is 13.3. The lowest BCUT2D eigenvalue weighted by molar-refractivity contribution is 0.0226. The fraction of sp³-hybridized carbons (Fsp3) is 1.00. The average Bonchev–Trinajstić information content (AvgIpc) is 2.30. The highest BCUT2D eigenvalue weighted by Crippen LogP contribution is 2.30. The van der Waals surface area contributed by atoms with E-state index in [1.165, 1.54) is 45.3 Å². The number of piperidine rings is 1. The van der Waals surface area contributed by atoms with Crippen molar-refractivity contribution >= 4 is 0 Å². The molecule has 2 heterocycles. The molecule has 0 radical (unpaired) electrons. The second-order valence-corrected chi connectivity index (χ2v) is 6.59. The molecule has 0 saturated carbocycles. The van der Waals surface area contributed by atoms with Gasteiger partial charge in [-0.25, -0.2) is 0 Å². The Bertz CT molecular complexity index is 206. The molecule has 0 spiro atoms. The highest BCUT2D eigenvalue weighted by Gasteiger charge is 2.30. The van der Waals surface area contributed by atoms with Gasteiger partial charge in [0.1, 0.15) is 0 Å². The molecule has 2 aliphatic rings. The first-order valence-electron chi connectivity index (χ1n) is 7.11. The molecule has 2 aliphatic heterocycles. The Morgan fingerprint density at radius 1 is 0.941 bits per heavy atom. The van der Waals surface area contributed by atoms with Crippen LogP contribution in [0.2, 0.25) is 0 Å². The van der Waals surface area contributed by atoms with Crippen LogP contribution >= 0.6 is 0 Å². The maximum absolute atomic E-state index is 5.44. The van der Waals surface area contributed by atoms with E-state index in [1.54, 1.807) is 0 Å². The fourth-order valence-corrected chi connectivity index (χ4v) is 2.91. The van der Waals surface area contributed by atoms with Crippen LogP contribution in [0, 0.1) is 10.8 Å². The highest BCUT2D eigenvalue weighted by atomic mass is 16.5. The van der Waals surface area contributed by atoms with E-state index in [0.29, 0.717) is 10.8 Å². The van der Waals surface area contributed by atoms with Crippen molar-refractivity contribution in [3.05, 3.63) is 0 Å². The maximum Gasteiger partial charge on any atom is 0.0471 e. The fourth-order valence-electron chi connectivity index (χ4n) is 2.91. The molecule has 2 N–H and O–H groups in total. The first-order chi connectivity index (χ1) is 8.12. The normalized spacial score (nSPS) is 27.9. The Labute approximate surface area is 106 Å². The molecular weight excluding hydrogens is 212 g/mol. The second-order valence-electron chi connectivity index (χ2n) is 6.59. The van der Waals surface area contributed by atoms with Gasteiger partial charge in [-0.2, -0.15) is 0 Å². The van der Waals surface area contributed by atoms with Gasteiger partial charge in [0.25, 0.3) is 0 Å². The zero-order valence-electron chi connectivity index (χ0n) is 11.5. The number of rotatable bonds is 4. The summed E-state index contributed by atoms with van der Waals surface area (Å²) in [6, 6.07) is 0. The van der Waals surface area contributed by atoms with Gasteiger partial charge in [0, 0.05) is 26.3 Å². The van der Waals surface area contributed by atoms with Crippen molar-refractivity contribution in [3.63, 3.8) is 0 Å². The Hall–Kier alpha value is -0.120. The minimum absolute atomic E-state index is 0.460. The summed E-state index contributed by atoms with van der Waals surface area (Å²) in [7, 11) is 0. The van der Waals surface area contributed by atoms with Crippen LogP contribution in [0.15, 0.2) is 0 Å². The summed E-state index contributed by atoms with van der Waals surface area (Å²) in [5, 5.41) is 7.17. The number of ether oxygens (including phenoxy) is 1. The summed E-state index contributed by atoms with van der Waals surface area (Å²) in [4.78, 5) is 0. The van der Waals surface area contributed by atoms with Crippen LogP contribution in [0.4, 0.5) is 0 Å². The molecule has 0 bridgehead atoms. The van der Waals surface area contributed by atoms with Crippen LogP contribution in [-0.4, -0.2) is 39.4 Å². The molecule has 17 heavy (non-hydrogen) atoms. The van der Waals surface area contributed by atoms with Crippen molar-refractivity contribution < 1.29 is 4.74 Å². The van der Waals surface area contributed by atoms with Crippen LogP contribution < -0.4 is 10.6 Å². The minimum Gasteiger partial charge on any atom is -0.381 e. The molecule has 2 rings (SSSR count). The van der Waals surface area contributed by atoms with Gasteiger partial charge in [-0.15, -0.1) is 0 Å². The number of nitrogens with one attached hydrogen (secondary N) is 2. The molecule has 3 nitrogen and oxygen atoms in total. The second kappa shape index (κ2) is 5.68. The molecule has 0 aromatic carbocycles. The third-order valence-electron chi connectivity index (χ3n) is 4.61. The third-order valence-corrected chi connectivity index (χ3v) is 4.61. The van der Waals surface area contributed by atoms with E-state index in [9.17, 15) is 0 Å². The van der Waals surface area contributed by atoms with Crippen molar-refractivity contribution in [2.24, 2.45) is 10.8 Å². The Balaban J connectivity index is 1.70. The van der Waals surface area contributed by atoms with Gasteiger partial charge in [0.15, 0.2) is 0 Å². The zero-order chi connectivity index (χ0) is 12.2. The molecular formula is C14H28N2O. The summed E-state index contributed by atoms with van der Waals surface area (Å²) in [5.74, 6) is 0. The average molecular weight is 240 g/mol. The molecule has 3 heteroatoms. The number of hydrogen-bond acceptors (Lipinski definition) is 3. The third kappa shape index (κ3) is 3.94. The van der Waals surface area contributed by atoms with Crippen molar-refractivity contribution in [2.45, 2.75) is 39.5 Å². The van der Waals surface area contributed by atoms with Crippen molar-refractivity contribution in [3.8, 4) is 0 Å². The summed E-state index contributed by atoms with van der Waals surface area (Å²) in [6.07, 6.45) is 5.02. The van der Waals surface area contributed by atoms with E-state index >= 15 is 0 Å². The molecule has 0 aromatic heterocycles. The lowest BCUT2D eigenvalue weighted by Gasteiger charge is -2.38. The first-order valence-corrected chi connectivity index (χ1v) is 7.11. The largest absolute Gasteiger partial charge is 0.381 e. The maximum atomic E-state index is 5.44. The SMILES string of the molecule is CC1(CNCC2(C)CCOCC2)CCNCC1. The molecule has 2 fully saturated rings. The zero-order valence-corrected chi connectivity index (χ0v) is 11.5. The smallest absolute Gasteiger partial charge is 0.0471 e. The molecule has 0 amide bonds. The highest BCUT2D eigenvalue weighted by molar-refractivity contribution is 4.85. The van der Waals surface area contributed by atoms with Crippen LogP contribution in [0.1, 0.15) is 39.5 Å². The van der Waals surface area contributed by atoms with E-state index in [4.69, 9.17) is 4.74 Å². The van der Waals surface area contributed by atoms with Gasteiger partial charge >= 0.3 is 0 Å². The van der Waals surface area contributed by atoms with Crippen LogP contribution in [0.25, 0.3) is 0 Å². The Morgan fingerprint density at radius 3 is 2.06 bits per heavy atom. The van der Waals surface area contributed by atoms with Crippen LogP contribution in [0.5, 0.6) is 0 Å². The number of hydrogen-bond donors (Lipinski definition) is 2. The van der Waals surface area contributed by atoms with Crippen LogP contribution in [-0.2, 0) is 4.74 Å². The topological polar surface area (TPSA) is 33.3 Å². The van der Waals surface area contributed by atoms with Crippen molar-refractivity contribution in [2.75, 3.05) is 39.4 Å². The summed E-state index contributed by atoms with van der Waals surface area (Å²) < 4.78 is 5.44. The summed E-state index contributed by atoms with van der Waals surface area (Å²) in [6.45, 7) is 11.4. The van der Waals surface area contributed by atoms with E-state index < -0.39 is 0 Å². The van der Waals surface area contributed by atoms with E-state index in [1.807, 2.05) is 0 Å². The summed E-state index contributed by atoms with van der Waals surface area (Å²) in [5.41, 5.74) is 0.967. The molecule has 100 valence electrons.